The fourth-order valence-electron chi connectivity index (χ4n) is 2.32. The maximum atomic E-state index is 4.81. The van der Waals surface area contributed by atoms with Crippen molar-refractivity contribution in [3.05, 3.63) is 31.7 Å². The van der Waals surface area contributed by atoms with Gasteiger partial charge in [-0.3, -0.25) is 4.90 Å². The molecule has 1 unspecified atom stereocenters. The minimum Gasteiger partial charge on any atom is -0.293 e. The second-order valence-corrected chi connectivity index (χ2v) is 8.87. The van der Waals surface area contributed by atoms with Crippen molar-refractivity contribution in [2.45, 2.75) is 66.0 Å². The van der Waals surface area contributed by atoms with Crippen LogP contribution in [-0.4, -0.2) is 21.9 Å². The second-order valence-electron chi connectivity index (χ2n) is 6.90. The summed E-state index contributed by atoms with van der Waals surface area (Å²) in [6, 6.07) is 0.373. The van der Waals surface area contributed by atoms with Gasteiger partial charge in [0, 0.05) is 28.3 Å². The molecule has 2 aromatic heterocycles. The summed E-state index contributed by atoms with van der Waals surface area (Å²) in [4.78, 5) is 13.2. The molecule has 0 saturated carbocycles. The Balaban J connectivity index is 2.09. The predicted octanol–water partition coefficient (Wildman–Crippen LogP) is 4.96. The third-order valence-corrected chi connectivity index (χ3v) is 6.61. The number of hydrogen-bond acceptors (Lipinski definition) is 5. The van der Waals surface area contributed by atoms with E-state index in [4.69, 9.17) is 4.98 Å². The summed E-state index contributed by atoms with van der Waals surface area (Å²) in [5.41, 5.74) is 2.48. The van der Waals surface area contributed by atoms with Gasteiger partial charge >= 0.3 is 0 Å². The highest BCUT2D eigenvalue weighted by Gasteiger charge is 2.21. The van der Waals surface area contributed by atoms with Gasteiger partial charge in [-0.2, -0.15) is 0 Å². The number of hydrogen-bond donors (Lipinski definition) is 0. The van der Waals surface area contributed by atoms with Gasteiger partial charge in [-0.15, -0.1) is 22.7 Å². The Morgan fingerprint density at radius 1 is 1.27 bits per heavy atom. The van der Waals surface area contributed by atoms with E-state index in [9.17, 15) is 0 Å². The van der Waals surface area contributed by atoms with Crippen LogP contribution < -0.4 is 0 Å². The molecule has 0 aliphatic heterocycles. The van der Waals surface area contributed by atoms with Gasteiger partial charge in [0.15, 0.2) is 0 Å². The number of rotatable bonds is 5. The molecular formula is C17H27N3S2. The summed E-state index contributed by atoms with van der Waals surface area (Å²) in [6.07, 6.45) is 1.02. The second kappa shape index (κ2) is 6.77. The van der Waals surface area contributed by atoms with Gasteiger partial charge in [0.05, 0.1) is 21.4 Å². The first-order chi connectivity index (χ1) is 10.2. The molecule has 0 aliphatic rings. The molecule has 5 heteroatoms. The number of nitrogens with zero attached hydrogens (tertiary/aromatic N) is 3. The molecule has 2 heterocycles. The first-order valence-electron chi connectivity index (χ1n) is 7.83. The van der Waals surface area contributed by atoms with E-state index in [1.54, 1.807) is 11.3 Å². The smallest absolute Gasteiger partial charge is 0.0982 e. The van der Waals surface area contributed by atoms with Crippen molar-refractivity contribution >= 4 is 22.7 Å². The molecule has 0 radical (unpaired) electrons. The summed E-state index contributed by atoms with van der Waals surface area (Å²) in [6.45, 7) is 14.1. The van der Waals surface area contributed by atoms with E-state index in [1.807, 2.05) is 11.3 Å². The molecule has 0 saturated heterocycles. The molecule has 0 aliphatic carbocycles. The number of thiazole rings is 2. The predicted molar refractivity (Wildman–Crippen MR) is 96.9 cm³/mol. The van der Waals surface area contributed by atoms with Crippen molar-refractivity contribution in [3.8, 4) is 0 Å². The summed E-state index contributed by atoms with van der Waals surface area (Å²) in [5, 5.41) is 4.64. The first-order valence-corrected chi connectivity index (χ1v) is 9.53. The van der Waals surface area contributed by atoms with Crippen LogP contribution in [0.5, 0.6) is 0 Å². The van der Waals surface area contributed by atoms with E-state index in [0.29, 0.717) is 6.04 Å². The maximum Gasteiger partial charge on any atom is 0.0982 e. The van der Waals surface area contributed by atoms with Crippen molar-refractivity contribution in [2.24, 2.45) is 0 Å². The van der Waals surface area contributed by atoms with Crippen LogP contribution >= 0.6 is 22.7 Å². The monoisotopic (exact) mass is 337 g/mol. The Labute approximate surface area is 142 Å². The Bertz CT molecular complexity index is 622. The highest BCUT2D eigenvalue weighted by molar-refractivity contribution is 7.11. The highest BCUT2D eigenvalue weighted by Crippen LogP contribution is 2.31. The average molecular weight is 338 g/mol. The van der Waals surface area contributed by atoms with Gasteiger partial charge in [0.1, 0.15) is 0 Å². The summed E-state index contributed by atoms with van der Waals surface area (Å²) < 4.78 is 0. The molecule has 2 rings (SSSR count). The van der Waals surface area contributed by atoms with Crippen LogP contribution in [0.4, 0.5) is 0 Å². The lowest BCUT2D eigenvalue weighted by Crippen LogP contribution is -2.22. The molecule has 0 aromatic carbocycles. The molecule has 1 atom stereocenters. The number of aromatic nitrogens is 2. The SMILES string of the molecule is CCc1nc(C)c(C(C)N(C)Cc2csc(C(C)(C)C)n2)s1. The average Bonchev–Trinajstić information content (AvgIpc) is 3.04. The third kappa shape index (κ3) is 3.94. The van der Waals surface area contributed by atoms with Gasteiger partial charge in [0.25, 0.3) is 0 Å². The molecule has 2 aromatic rings. The summed E-state index contributed by atoms with van der Waals surface area (Å²) in [5.74, 6) is 0. The highest BCUT2D eigenvalue weighted by atomic mass is 32.1. The molecule has 0 spiro atoms. The fourth-order valence-corrected chi connectivity index (χ4v) is 4.34. The van der Waals surface area contributed by atoms with Crippen LogP contribution in [0.1, 0.15) is 66.9 Å². The Kier molecular flexibility index (Phi) is 5.41. The van der Waals surface area contributed by atoms with E-state index in [1.165, 1.54) is 26.3 Å². The van der Waals surface area contributed by atoms with Crippen LogP contribution in [0, 0.1) is 6.92 Å². The standard InChI is InChI=1S/C17H27N3S2/c1-8-14-18-11(2)15(22-14)12(3)20(7)9-13-10-21-16(19-13)17(4,5)6/h10,12H,8-9H2,1-7H3. The minimum atomic E-state index is 0.136. The zero-order chi connectivity index (χ0) is 16.5. The van der Waals surface area contributed by atoms with Crippen LogP contribution in [0.3, 0.4) is 0 Å². The van der Waals surface area contributed by atoms with E-state index in [-0.39, 0.29) is 5.41 Å². The largest absolute Gasteiger partial charge is 0.293 e. The zero-order valence-corrected chi connectivity index (χ0v) is 16.4. The molecule has 0 bridgehead atoms. The van der Waals surface area contributed by atoms with Gasteiger partial charge < -0.3 is 0 Å². The molecular weight excluding hydrogens is 310 g/mol. The molecule has 0 N–H and O–H groups in total. The Morgan fingerprint density at radius 3 is 2.45 bits per heavy atom. The lowest BCUT2D eigenvalue weighted by molar-refractivity contribution is 0.252. The van der Waals surface area contributed by atoms with Crippen molar-refractivity contribution in [2.75, 3.05) is 7.05 Å². The Hall–Kier alpha value is -0.780. The lowest BCUT2D eigenvalue weighted by Gasteiger charge is -2.23. The van der Waals surface area contributed by atoms with Gasteiger partial charge in [0.2, 0.25) is 0 Å². The van der Waals surface area contributed by atoms with E-state index in [2.05, 4.69) is 63.9 Å². The van der Waals surface area contributed by atoms with Crippen molar-refractivity contribution in [1.29, 1.82) is 0 Å². The van der Waals surface area contributed by atoms with Crippen molar-refractivity contribution in [3.63, 3.8) is 0 Å². The quantitative estimate of drug-likeness (QED) is 0.772. The van der Waals surface area contributed by atoms with Crippen LogP contribution in [0.25, 0.3) is 0 Å². The van der Waals surface area contributed by atoms with E-state index < -0.39 is 0 Å². The van der Waals surface area contributed by atoms with Gasteiger partial charge in [-0.05, 0) is 27.3 Å². The summed E-state index contributed by atoms with van der Waals surface area (Å²) >= 11 is 3.61. The Morgan fingerprint density at radius 2 is 1.95 bits per heavy atom. The maximum absolute atomic E-state index is 4.81. The lowest BCUT2D eigenvalue weighted by atomic mass is 9.98. The van der Waals surface area contributed by atoms with Crippen molar-refractivity contribution < 1.29 is 0 Å². The van der Waals surface area contributed by atoms with E-state index in [0.717, 1.165) is 13.0 Å². The van der Waals surface area contributed by atoms with Crippen LogP contribution in [0.2, 0.25) is 0 Å². The topological polar surface area (TPSA) is 29.0 Å². The molecule has 22 heavy (non-hydrogen) atoms. The van der Waals surface area contributed by atoms with Gasteiger partial charge in [-0.25, -0.2) is 9.97 Å². The molecule has 0 amide bonds. The van der Waals surface area contributed by atoms with Crippen LogP contribution in [0.15, 0.2) is 5.38 Å². The van der Waals surface area contributed by atoms with Crippen molar-refractivity contribution in [1.82, 2.24) is 14.9 Å². The third-order valence-electron chi connectivity index (χ3n) is 3.82. The molecule has 3 nitrogen and oxygen atoms in total. The minimum absolute atomic E-state index is 0.136. The molecule has 0 fully saturated rings. The van der Waals surface area contributed by atoms with Crippen LogP contribution in [-0.2, 0) is 18.4 Å². The summed E-state index contributed by atoms with van der Waals surface area (Å²) in [7, 11) is 2.17. The van der Waals surface area contributed by atoms with E-state index >= 15 is 0 Å². The van der Waals surface area contributed by atoms with Gasteiger partial charge in [-0.1, -0.05) is 27.7 Å². The number of aryl methyl sites for hydroxylation is 2. The normalized spacial score (nSPS) is 13.8. The first kappa shape index (κ1) is 17.6. The molecule has 122 valence electrons. The zero-order valence-electron chi connectivity index (χ0n) is 14.7. The fraction of sp³-hybridized carbons (Fsp3) is 0.647.